The van der Waals surface area contributed by atoms with Crippen LogP contribution in [0.4, 0.5) is 10.4 Å². The smallest absolute Gasteiger partial charge is 0.296 e. The number of benzene rings is 2. The van der Waals surface area contributed by atoms with Crippen molar-refractivity contribution in [1.29, 1.82) is 0 Å². The molecule has 4 rings (SSSR count). The number of hydrogen-bond donors (Lipinski definition) is 2. The molecule has 1 fully saturated rings. The third-order valence-corrected chi connectivity index (χ3v) is 6.47. The molecule has 1 amide bonds. The van der Waals surface area contributed by atoms with Crippen molar-refractivity contribution in [3.05, 3.63) is 52.5 Å². The SMILES string of the molecule is COc1cc(C(=O)N2CC(C)(CCO)OC[C@H]2C)cc2nc(NC(CF)c3cccc(Cl)c3)oc12. The van der Waals surface area contributed by atoms with Crippen LogP contribution in [-0.2, 0) is 4.74 Å². The fraction of sp³-hybridized carbons (Fsp3) is 0.440. The Morgan fingerprint density at radius 1 is 1.43 bits per heavy atom. The number of morpholine rings is 1. The lowest BCUT2D eigenvalue weighted by molar-refractivity contribution is -0.117. The van der Waals surface area contributed by atoms with Crippen molar-refractivity contribution in [3.8, 4) is 5.75 Å². The number of amides is 1. The third-order valence-electron chi connectivity index (χ3n) is 6.24. The second kappa shape index (κ2) is 10.4. The number of rotatable bonds is 8. The van der Waals surface area contributed by atoms with Crippen molar-refractivity contribution in [1.82, 2.24) is 9.88 Å². The maximum Gasteiger partial charge on any atom is 0.296 e. The first-order valence-electron chi connectivity index (χ1n) is 11.4. The van der Waals surface area contributed by atoms with Gasteiger partial charge in [-0.3, -0.25) is 4.79 Å². The van der Waals surface area contributed by atoms with Crippen molar-refractivity contribution in [2.75, 3.05) is 38.9 Å². The molecular formula is C25H29ClFN3O5. The number of oxazole rings is 1. The number of aromatic nitrogens is 1. The fourth-order valence-corrected chi connectivity index (χ4v) is 4.42. The summed E-state index contributed by atoms with van der Waals surface area (Å²) in [6.45, 7) is 3.77. The van der Waals surface area contributed by atoms with Crippen LogP contribution in [0.25, 0.3) is 11.1 Å². The molecule has 2 aromatic carbocycles. The van der Waals surface area contributed by atoms with Crippen LogP contribution in [0.2, 0.25) is 5.02 Å². The number of alkyl halides is 1. The minimum absolute atomic E-state index is 0.0313. The molecule has 3 atom stereocenters. The highest BCUT2D eigenvalue weighted by atomic mass is 35.5. The van der Waals surface area contributed by atoms with Crippen LogP contribution >= 0.6 is 11.6 Å². The van der Waals surface area contributed by atoms with Gasteiger partial charge in [-0.1, -0.05) is 23.7 Å². The Morgan fingerprint density at radius 3 is 2.91 bits per heavy atom. The van der Waals surface area contributed by atoms with E-state index in [-0.39, 0.29) is 24.6 Å². The van der Waals surface area contributed by atoms with E-state index in [0.717, 1.165) is 0 Å². The second-order valence-corrected chi connectivity index (χ2v) is 9.41. The van der Waals surface area contributed by atoms with Crippen molar-refractivity contribution in [2.45, 2.75) is 38.0 Å². The zero-order valence-electron chi connectivity index (χ0n) is 19.9. The average Bonchev–Trinajstić information content (AvgIpc) is 3.26. The van der Waals surface area contributed by atoms with E-state index in [1.54, 1.807) is 41.3 Å². The van der Waals surface area contributed by atoms with Gasteiger partial charge in [0.25, 0.3) is 11.9 Å². The molecule has 2 heterocycles. The second-order valence-electron chi connectivity index (χ2n) is 8.97. The Bertz CT molecular complexity index is 1210. The van der Waals surface area contributed by atoms with Crippen molar-refractivity contribution < 1.29 is 28.2 Å². The molecule has 35 heavy (non-hydrogen) atoms. The summed E-state index contributed by atoms with van der Waals surface area (Å²) in [7, 11) is 1.48. The summed E-state index contributed by atoms with van der Waals surface area (Å²) in [6, 6.07) is 9.36. The highest BCUT2D eigenvalue weighted by molar-refractivity contribution is 6.30. The molecule has 2 N–H and O–H groups in total. The van der Waals surface area contributed by atoms with E-state index in [1.165, 1.54) is 7.11 Å². The molecule has 10 heteroatoms. The maximum atomic E-state index is 13.8. The van der Waals surface area contributed by atoms with Crippen molar-refractivity contribution in [3.63, 3.8) is 0 Å². The quantitative estimate of drug-likeness (QED) is 0.461. The molecule has 1 aliphatic rings. The van der Waals surface area contributed by atoms with Gasteiger partial charge in [0.1, 0.15) is 12.2 Å². The summed E-state index contributed by atoms with van der Waals surface area (Å²) in [5.74, 6) is 0.133. The standard InChI is InChI=1S/C25H29ClFN3O5/c1-15-13-34-25(2,7-8-31)14-30(15)23(32)17-10-19-22(21(11-17)33-3)35-24(28-19)29-20(12-27)16-5-4-6-18(26)9-16/h4-6,9-11,15,20,31H,7-8,12-14H2,1-3H3,(H,28,29)/t15-,20?,25?/m1/s1. The number of aliphatic hydroxyl groups is 1. The summed E-state index contributed by atoms with van der Waals surface area (Å²) >= 11 is 6.05. The summed E-state index contributed by atoms with van der Waals surface area (Å²) in [5, 5.41) is 12.8. The minimum atomic E-state index is -0.715. The molecule has 2 unspecified atom stereocenters. The first-order valence-corrected chi connectivity index (χ1v) is 11.8. The minimum Gasteiger partial charge on any atom is -0.493 e. The van der Waals surface area contributed by atoms with E-state index in [1.807, 2.05) is 13.8 Å². The van der Waals surface area contributed by atoms with Gasteiger partial charge in [-0.05, 0) is 43.7 Å². The number of methoxy groups -OCH3 is 1. The van der Waals surface area contributed by atoms with Crippen LogP contribution in [0.15, 0.2) is 40.8 Å². The Kier molecular flexibility index (Phi) is 7.49. The highest BCUT2D eigenvalue weighted by Crippen LogP contribution is 2.33. The molecule has 0 radical (unpaired) electrons. The largest absolute Gasteiger partial charge is 0.493 e. The first-order chi connectivity index (χ1) is 16.8. The van der Waals surface area contributed by atoms with E-state index in [0.29, 0.717) is 52.6 Å². The summed E-state index contributed by atoms with van der Waals surface area (Å²) in [4.78, 5) is 19.6. The van der Waals surface area contributed by atoms with E-state index in [4.69, 9.17) is 25.5 Å². The predicted molar refractivity (Wildman–Crippen MR) is 131 cm³/mol. The van der Waals surface area contributed by atoms with Gasteiger partial charge in [0.15, 0.2) is 11.3 Å². The van der Waals surface area contributed by atoms with Gasteiger partial charge >= 0.3 is 0 Å². The normalized spacial score (nSPS) is 21.2. The molecular weight excluding hydrogens is 477 g/mol. The molecule has 0 aliphatic carbocycles. The number of carbonyl (C=O) groups is 1. The molecule has 1 saturated heterocycles. The average molecular weight is 506 g/mol. The number of anilines is 1. The van der Waals surface area contributed by atoms with Crippen LogP contribution in [0.5, 0.6) is 5.75 Å². The van der Waals surface area contributed by atoms with Crippen molar-refractivity contribution in [2.24, 2.45) is 0 Å². The Labute approximate surface area is 208 Å². The summed E-state index contributed by atoms with van der Waals surface area (Å²) in [5.41, 5.74) is 1.15. The fourth-order valence-electron chi connectivity index (χ4n) is 4.22. The summed E-state index contributed by atoms with van der Waals surface area (Å²) < 4.78 is 31.0. The topological polar surface area (TPSA) is 97.1 Å². The van der Waals surface area contributed by atoms with Gasteiger partial charge in [0, 0.05) is 23.6 Å². The number of halogens is 2. The molecule has 8 nitrogen and oxygen atoms in total. The van der Waals surface area contributed by atoms with E-state index >= 15 is 0 Å². The number of carbonyl (C=O) groups excluding carboxylic acids is 1. The van der Waals surface area contributed by atoms with E-state index < -0.39 is 18.3 Å². The lowest BCUT2D eigenvalue weighted by atomic mass is 9.97. The zero-order chi connectivity index (χ0) is 25.2. The monoisotopic (exact) mass is 505 g/mol. The van der Waals surface area contributed by atoms with Gasteiger partial charge in [0.2, 0.25) is 0 Å². The van der Waals surface area contributed by atoms with E-state index in [2.05, 4.69) is 10.3 Å². The lowest BCUT2D eigenvalue weighted by Gasteiger charge is -2.44. The predicted octanol–water partition coefficient (Wildman–Crippen LogP) is 4.61. The van der Waals surface area contributed by atoms with Crippen LogP contribution in [0.1, 0.15) is 42.2 Å². The molecule has 1 aromatic heterocycles. The number of hydrogen-bond acceptors (Lipinski definition) is 7. The Morgan fingerprint density at radius 2 is 2.23 bits per heavy atom. The van der Waals surface area contributed by atoms with E-state index in [9.17, 15) is 14.3 Å². The zero-order valence-corrected chi connectivity index (χ0v) is 20.6. The van der Waals surface area contributed by atoms with Crippen LogP contribution in [-0.4, -0.2) is 66.1 Å². The lowest BCUT2D eigenvalue weighted by Crippen LogP contribution is -2.56. The Hall–Kier alpha value is -2.88. The third kappa shape index (κ3) is 5.37. The highest BCUT2D eigenvalue weighted by Gasteiger charge is 2.38. The molecule has 0 bridgehead atoms. The number of aliphatic hydroxyl groups excluding tert-OH is 1. The number of nitrogens with zero attached hydrogens (tertiary/aromatic N) is 2. The number of nitrogens with one attached hydrogen (secondary N) is 1. The summed E-state index contributed by atoms with van der Waals surface area (Å²) in [6.07, 6.45) is 0.423. The molecule has 1 aliphatic heterocycles. The van der Waals surface area contributed by atoms with Gasteiger partial charge in [0.05, 0.1) is 37.9 Å². The van der Waals surface area contributed by atoms with Gasteiger partial charge in [-0.2, -0.15) is 4.98 Å². The molecule has 0 spiro atoms. The number of ether oxygens (including phenoxy) is 2. The van der Waals surface area contributed by atoms with Crippen molar-refractivity contribution >= 4 is 34.6 Å². The van der Waals surface area contributed by atoms with Gasteiger partial charge in [-0.25, -0.2) is 4.39 Å². The molecule has 188 valence electrons. The Balaban J connectivity index is 1.63. The van der Waals surface area contributed by atoms with Gasteiger partial charge in [-0.15, -0.1) is 0 Å². The maximum absolute atomic E-state index is 13.8. The van der Waals surface area contributed by atoms with Crippen LogP contribution in [0, 0.1) is 0 Å². The van der Waals surface area contributed by atoms with Crippen LogP contribution < -0.4 is 10.1 Å². The molecule has 0 saturated carbocycles. The first kappa shape index (κ1) is 25.2. The van der Waals surface area contributed by atoms with Gasteiger partial charge < -0.3 is 29.2 Å². The van der Waals surface area contributed by atoms with Crippen LogP contribution in [0.3, 0.4) is 0 Å². The number of fused-ring (bicyclic) bond motifs is 1. The molecule has 3 aromatic rings.